The number of nitrogens with zero attached hydrogens (tertiary/aromatic N) is 4. The van der Waals surface area contributed by atoms with E-state index in [9.17, 15) is 24.0 Å². The zero-order valence-electron chi connectivity index (χ0n) is 31.2. The van der Waals surface area contributed by atoms with Gasteiger partial charge < -0.3 is 30.0 Å². The molecule has 6 amide bonds. The quantitative estimate of drug-likeness (QED) is 0.157. The van der Waals surface area contributed by atoms with Gasteiger partial charge in [-0.2, -0.15) is 0 Å². The number of fused-ring (bicyclic) bond motifs is 1. The SMILES string of the molecule is COC(=O)N[C@H](C(=O)N1CCC[C@H]1c1ncc(-c2ccc(-c3nc4ccc(NC(=O)NC(=O)C5CCCN5C(=O)OC(C)(C)C)cc4s3)cc2)[nH]1)C(C)C. The van der Waals surface area contributed by atoms with Gasteiger partial charge in [0.25, 0.3) is 5.91 Å². The van der Waals surface area contributed by atoms with E-state index in [1.54, 1.807) is 50.1 Å². The first-order valence-electron chi connectivity index (χ1n) is 18.0. The highest BCUT2D eigenvalue weighted by molar-refractivity contribution is 7.21. The first kappa shape index (κ1) is 38.2. The molecule has 2 aliphatic heterocycles. The first-order chi connectivity index (χ1) is 25.7. The number of imide groups is 1. The molecule has 2 saturated heterocycles. The molecule has 286 valence electrons. The van der Waals surface area contributed by atoms with Gasteiger partial charge in [-0.15, -0.1) is 11.3 Å². The van der Waals surface area contributed by atoms with Crippen molar-refractivity contribution >= 4 is 57.3 Å². The van der Waals surface area contributed by atoms with Crippen LogP contribution in [0.2, 0.25) is 0 Å². The van der Waals surface area contributed by atoms with E-state index in [0.29, 0.717) is 37.4 Å². The maximum absolute atomic E-state index is 13.5. The summed E-state index contributed by atoms with van der Waals surface area (Å²) < 4.78 is 11.0. The molecule has 3 atom stereocenters. The molecule has 2 aromatic carbocycles. The van der Waals surface area contributed by atoms with Crippen LogP contribution in [0.15, 0.2) is 48.7 Å². The maximum atomic E-state index is 13.5. The van der Waals surface area contributed by atoms with Crippen LogP contribution in [0.25, 0.3) is 32.0 Å². The Bertz CT molecular complexity index is 2040. The largest absolute Gasteiger partial charge is 0.453 e. The lowest BCUT2D eigenvalue weighted by Gasteiger charge is -2.30. The average molecular weight is 759 g/mol. The molecule has 2 aromatic heterocycles. The summed E-state index contributed by atoms with van der Waals surface area (Å²) in [5, 5.41) is 8.55. The van der Waals surface area contributed by atoms with E-state index in [2.05, 4.69) is 25.9 Å². The van der Waals surface area contributed by atoms with Crippen LogP contribution in [0.5, 0.6) is 0 Å². The molecular formula is C38H46N8O7S. The standard InChI is InChI=1S/C38H46N8O7S/c1-21(2)30(43-36(50)52-6)34(48)45-17-7-9-27(45)31-39-20-26(41-31)22-11-13-23(14-12-22)33-42-25-16-15-24(19-29(25)54-33)40-35(49)44-32(47)28-10-8-18-46(28)37(51)53-38(3,4)5/h11-16,19-21,27-28,30H,7-10,17-18H2,1-6H3,(H,39,41)(H,43,50)(H2,40,44,47,49)/t27-,28?,30-/m0/s1. The number of amides is 6. The number of likely N-dealkylation sites (tertiary alicyclic amines) is 2. The Labute approximate surface area is 317 Å². The molecule has 0 spiro atoms. The number of urea groups is 1. The molecule has 4 N–H and O–H groups in total. The lowest BCUT2D eigenvalue weighted by molar-refractivity contribution is -0.135. The second-order valence-corrected chi connectivity index (χ2v) is 15.8. The number of anilines is 1. The third-order valence-corrected chi connectivity index (χ3v) is 10.4. The highest BCUT2D eigenvalue weighted by Crippen LogP contribution is 2.35. The Kier molecular flexibility index (Phi) is 11.2. The minimum Gasteiger partial charge on any atom is -0.453 e. The van der Waals surface area contributed by atoms with E-state index >= 15 is 0 Å². The second-order valence-electron chi connectivity index (χ2n) is 14.8. The number of hydrogen-bond acceptors (Lipinski definition) is 10. The Morgan fingerprint density at radius 3 is 2.37 bits per heavy atom. The van der Waals surface area contributed by atoms with Gasteiger partial charge in [0.05, 0.1) is 35.3 Å². The number of nitrogens with one attached hydrogen (secondary N) is 4. The van der Waals surface area contributed by atoms with Crippen molar-refractivity contribution in [2.45, 2.75) is 84.0 Å². The van der Waals surface area contributed by atoms with Crippen LogP contribution in [-0.2, 0) is 19.1 Å². The summed E-state index contributed by atoms with van der Waals surface area (Å²) in [4.78, 5) is 79.7. The predicted octanol–water partition coefficient (Wildman–Crippen LogP) is 6.45. The van der Waals surface area contributed by atoms with Crippen LogP contribution in [0, 0.1) is 5.92 Å². The zero-order chi connectivity index (χ0) is 38.7. The van der Waals surface area contributed by atoms with E-state index in [-0.39, 0.29) is 17.9 Å². The number of methoxy groups -OCH3 is 1. The van der Waals surface area contributed by atoms with Crippen LogP contribution >= 0.6 is 11.3 Å². The van der Waals surface area contributed by atoms with Gasteiger partial charge in [0, 0.05) is 24.3 Å². The average Bonchev–Trinajstić information content (AvgIpc) is 3.95. The van der Waals surface area contributed by atoms with Crippen LogP contribution in [0.4, 0.5) is 20.1 Å². The van der Waals surface area contributed by atoms with Crippen LogP contribution in [-0.4, -0.2) is 92.7 Å². The summed E-state index contributed by atoms with van der Waals surface area (Å²) >= 11 is 1.47. The summed E-state index contributed by atoms with van der Waals surface area (Å²) in [6.07, 6.45) is 3.21. The number of aromatic amines is 1. The first-order valence-corrected chi connectivity index (χ1v) is 18.8. The predicted molar refractivity (Wildman–Crippen MR) is 204 cm³/mol. The number of carbonyl (C=O) groups excluding carboxylic acids is 5. The molecular weight excluding hydrogens is 713 g/mol. The summed E-state index contributed by atoms with van der Waals surface area (Å²) in [5.74, 6) is -0.156. The van der Waals surface area contributed by atoms with Gasteiger partial charge in [0.1, 0.15) is 28.5 Å². The number of imidazole rings is 1. The number of alkyl carbamates (subject to hydrolysis) is 1. The summed E-state index contributed by atoms with van der Waals surface area (Å²) in [5.41, 5.74) is 3.19. The number of ether oxygens (including phenoxy) is 2. The van der Waals surface area contributed by atoms with E-state index in [0.717, 1.165) is 44.9 Å². The number of H-pyrrole nitrogens is 1. The Hall–Kier alpha value is -5.51. The van der Waals surface area contributed by atoms with Crippen LogP contribution < -0.4 is 16.0 Å². The fourth-order valence-electron chi connectivity index (χ4n) is 6.70. The number of rotatable bonds is 8. The van der Waals surface area contributed by atoms with E-state index in [1.165, 1.54) is 23.3 Å². The van der Waals surface area contributed by atoms with Crippen LogP contribution in [0.3, 0.4) is 0 Å². The maximum Gasteiger partial charge on any atom is 0.410 e. The highest BCUT2D eigenvalue weighted by Gasteiger charge is 2.38. The van der Waals surface area contributed by atoms with Crippen molar-refractivity contribution in [3.63, 3.8) is 0 Å². The summed E-state index contributed by atoms with van der Waals surface area (Å²) in [7, 11) is 1.28. The van der Waals surface area contributed by atoms with Crippen molar-refractivity contribution in [1.82, 2.24) is 35.4 Å². The monoisotopic (exact) mass is 758 g/mol. The number of carbonyl (C=O) groups is 5. The van der Waals surface area contributed by atoms with Gasteiger partial charge in [-0.25, -0.2) is 24.4 Å². The summed E-state index contributed by atoms with van der Waals surface area (Å²) in [6.45, 7) is 10.0. The number of aromatic nitrogens is 3. The molecule has 2 aliphatic rings. The topological polar surface area (TPSA) is 188 Å². The highest BCUT2D eigenvalue weighted by atomic mass is 32.1. The van der Waals surface area contributed by atoms with Crippen LogP contribution in [0.1, 0.15) is 72.2 Å². The van der Waals surface area contributed by atoms with E-state index in [4.69, 9.17) is 14.5 Å². The molecule has 15 nitrogen and oxygen atoms in total. The molecule has 4 aromatic rings. The molecule has 16 heteroatoms. The molecule has 0 bridgehead atoms. The van der Waals surface area contributed by atoms with Gasteiger partial charge in [-0.3, -0.25) is 19.8 Å². The van der Waals surface area contributed by atoms with Gasteiger partial charge in [0.15, 0.2) is 0 Å². The Morgan fingerprint density at radius 1 is 0.963 bits per heavy atom. The fourth-order valence-corrected chi connectivity index (χ4v) is 7.71. The minimum atomic E-state index is -0.784. The number of thiazole rings is 1. The van der Waals surface area contributed by atoms with Gasteiger partial charge in [-0.1, -0.05) is 38.1 Å². The lowest BCUT2D eigenvalue weighted by Crippen LogP contribution is -2.51. The molecule has 1 unspecified atom stereocenters. The van der Waals surface area contributed by atoms with E-state index < -0.39 is 41.8 Å². The van der Waals surface area contributed by atoms with Crippen molar-refractivity contribution in [3.05, 3.63) is 54.5 Å². The van der Waals surface area contributed by atoms with Gasteiger partial charge in [-0.05, 0) is 76.1 Å². The third kappa shape index (κ3) is 8.65. The summed E-state index contributed by atoms with van der Waals surface area (Å²) in [6, 6.07) is 10.8. The van der Waals surface area contributed by atoms with Crippen molar-refractivity contribution in [1.29, 1.82) is 0 Å². The molecule has 54 heavy (non-hydrogen) atoms. The van der Waals surface area contributed by atoms with Gasteiger partial charge >= 0.3 is 18.2 Å². The third-order valence-electron chi connectivity index (χ3n) is 9.35. The fraction of sp³-hybridized carbons (Fsp3) is 0.447. The zero-order valence-corrected chi connectivity index (χ0v) is 32.0. The lowest BCUT2D eigenvalue weighted by atomic mass is 10.0. The van der Waals surface area contributed by atoms with E-state index in [1.807, 2.05) is 38.1 Å². The second kappa shape index (κ2) is 15.8. The van der Waals surface area contributed by atoms with Crippen molar-refractivity contribution in [3.8, 4) is 21.8 Å². The molecule has 2 fully saturated rings. The van der Waals surface area contributed by atoms with Crippen molar-refractivity contribution < 1.29 is 33.4 Å². The molecule has 6 rings (SSSR count). The smallest absolute Gasteiger partial charge is 0.410 e. The van der Waals surface area contributed by atoms with Gasteiger partial charge in [0.2, 0.25) is 5.91 Å². The Morgan fingerprint density at radius 2 is 1.67 bits per heavy atom. The van der Waals surface area contributed by atoms with Crippen molar-refractivity contribution in [2.75, 3.05) is 25.5 Å². The normalized spacial score (nSPS) is 17.8. The number of benzene rings is 2. The molecule has 0 radical (unpaired) electrons. The number of hydrogen-bond donors (Lipinski definition) is 4. The minimum absolute atomic E-state index is 0.121. The molecule has 0 aliphatic carbocycles. The van der Waals surface area contributed by atoms with Crippen molar-refractivity contribution in [2.24, 2.45) is 5.92 Å². The molecule has 4 heterocycles. The Balaban J connectivity index is 1.08. The molecule has 0 saturated carbocycles.